The van der Waals surface area contributed by atoms with E-state index in [0.717, 1.165) is 68.8 Å². The molecule has 1 N–H and O–H groups in total. The van der Waals surface area contributed by atoms with Gasteiger partial charge in [-0.3, -0.25) is 4.79 Å². The maximum atomic E-state index is 11.5. The Kier molecular flexibility index (Phi) is 8.52. The molecule has 0 spiro atoms. The van der Waals surface area contributed by atoms with E-state index in [4.69, 9.17) is 4.98 Å². The molecule has 0 aromatic carbocycles. The van der Waals surface area contributed by atoms with Crippen molar-refractivity contribution in [3.8, 4) is 0 Å². The van der Waals surface area contributed by atoms with Crippen LogP contribution < -0.4 is 10.2 Å². The van der Waals surface area contributed by atoms with Gasteiger partial charge in [0.2, 0.25) is 5.91 Å². The third kappa shape index (κ3) is 6.80. The molecule has 8 nitrogen and oxygen atoms in total. The molecular weight excluding hydrogens is 426 g/mol. The lowest BCUT2D eigenvalue weighted by atomic mass is 10.3. The highest BCUT2D eigenvalue weighted by molar-refractivity contribution is 7.98. The Morgan fingerprint density at radius 1 is 1.28 bits per heavy atom. The molecule has 0 unspecified atom stereocenters. The van der Waals surface area contributed by atoms with Gasteiger partial charge in [-0.25, -0.2) is 4.98 Å². The summed E-state index contributed by atoms with van der Waals surface area (Å²) in [5.41, 5.74) is 1.17. The molecule has 0 bridgehead atoms. The third-order valence-corrected chi connectivity index (χ3v) is 7.13. The van der Waals surface area contributed by atoms with E-state index in [-0.39, 0.29) is 5.91 Å². The number of nitrogens with zero attached hydrogens (tertiary/aromatic N) is 6. The smallest absolute Gasteiger partial charge is 0.219 e. The number of piperazine rings is 1. The third-order valence-electron chi connectivity index (χ3n) is 4.66. The first kappa shape index (κ1) is 22.3. The molecule has 0 saturated carbocycles. The highest BCUT2D eigenvalue weighted by atomic mass is 32.2. The molecule has 3 heterocycles. The minimum absolute atomic E-state index is 0.140. The number of hydrogen-bond donors (Lipinski definition) is 1. The summed E-state index contributed by atoms with van der Waals surface area (Å²) in [6, 6.07) is 0. The highest BCUT2D eigenvalue weighted by Gasteiger charge is 2.22. The van der Waals surface area contributed by atoms with Crippen molar-refractivity contribution >= 4 is 52.4 Å². The van der Waals surface area contributed by atoms with Crippen LogP contribution in [0.25, 0.3) is 0 Å². The van der Waals surface area contributed by atoms with Crippen LogP contribution in [-0.4, -0.2) is 88.6 Å². The van der Waals surface area contributed by atoms with Crippen LogP contribution in [0, 0.1) is 0 Å². The lowest BCUT2D eigenvalue weighted by molar-refractivity contribution is -0.129. The van der Waals surface area contributed by atoms with Crippen LogP contribution in [0.15, 0.2) is 5.38 Å². The lowest BCUT2D eigenvalue weighted by Gasteiger charge is -2.34. The first-order chi connectivity index (χ1) is 14.0. The second-order valence-electron chi connectivity index (χ2n) is 7.19. The molecule has 1 aliphatic rings. The van der Waals surface area contributed by atoms with E-state index >= 15 is 0 Å². The number of thiazole rings is 1. The highest BCUT2D eigenvalue weighted by Crippen LogP contribution is 2.24. The van der Waals surface area contributed by atoms with E-state index in [1.54, 1.807) is 18.3 Å². The number of nitrogens with one attached hydrogen (secondary N) is 1. The molecule has 2 aromatic heterocycles. The largest absolute Gasteiger partial charge is 0.365 e. The van der Waals surface area contributed by atoms with E-state index in [0.29, 0.717) is 0 Å². The van der Waals surface area contributed by atoms with Crippen molar-refractivity contribution in [1.82, 2.24) is 23.5 Å². The fourth-order valence-electron chi connectivity index (χ4n) is 3.00. The predicted octanol–water partition coefficient (Wildman–Crippen LogP) is 2.11. The Hall–Kier alpha value is -1.43. The van der Waals surface area contributed by atoms with Crippen molar-refractivity contribution in [3.05, 3.63) is 16.1 Å². The molecule has 0 atom stereocenters. The molecule has 160 valence electrons. The van der Waals surface area contributed by atoms with Crippen LogP contribution >= 0.6 is 34.8 Å². The quantitative estimate of drug-likeness (QED) is 0.546. The van der Waals surface area contributed by atoms with Gasteiger partial charge in [-0.2, -0.15) is 20.5 Å². The number of thioether (sulfide) groups is 1. The number of carbonyl (C=O) groups is 1. The molecule has 1 fully saturated rings. The van der Waals surface area contributed by atoms with Crippen molar-refractivity contribution in [2.45, 2.75) is 19.1 Å². The Morgan fingerprint density at radius 3 is 2.79 bits per heavy atom. The van der Waals surface area contributed by atoms with Gasteiger partial charge >= 0.3 is 0 Å². The summed E-state index contributed by atoms with van der Waals surface area (Å²) in [4.78, 5) is 22.5. The van der Waals surface area contributed by atoms with E-state index in [1.165, 1.54) is 22.4 Å². The Morgan fingerprint density at radius 2 is 2.07 bits per heavy atom. The minimum Gasteiger partial charge on any atom is -0.365 e. The fourth-order valence-corrected chi connectivity index (χ4v) is 5.19. The second-order valence-corrected chi connectivity index (χ2v) is 9.77. The molecule has 3 rings (SSSR count). The van der Waals surface area contributed by atoms with Crippen LogP contribution in [0.1, 0.15) is 17.6 Å². The van der Waals surface area contributed by atoms with Gasteiger partial charge < -0.3 is 20.0 Å². The van der Waals surface area contributed by atoms with Crippen LogP contribution in [0.2, 0.25) is 0 Å². The first-order valence-electron chi connectivity index (χ1n) is 9.75. The molecule has 2 aromatic rings. The van der Waals surface area contributed by atoms with Gasteiger partial charge in [-0.1, -0.05) is 0 Å². The zero-order valence-corrected chi connectivity index (χ0v) is 19.7. The molecule has 0 radical (unpaired) electrons. The fraction of sp³-hybridized carbons (Fsp3) is 0.667. The van der Waals surface area contributed by atoms with Gasteiger partial charge in [0, 0.05) is 69.5 Å². The van der Waals surface area contributed by atoms with Gasteiger partial charge in [0.15, 0.2) is 11.6 Å². The Labute approximate surface area is 185 Å². The average Bonchev–Trinajstić information content (AvgIpc) is 3.35. The van der Waals surface area contributed by atoms with E-state index in [2.05, 4.69) is 43.3 Å². The molecule has 1 amide bonds. The van der Waals surface area contributed by atoms with Crippen LogP contribution in [0.5, 0.6) is 0 Å². The zero-order valence-electron chi connectivity index (χ0n) is 17.3. The lowest BCUT2D eigenvalue weighted by Crippen LogP contribution is -2.48. The summed E-state index contributed by atoms with van der Waals surface area (Å²) < 4.78 is 8.87. The standard InChI is InChI=1S/C18H29N7OS3/c1-14(26)24-7-9-25(10-8-24)18-17(21-29-22-18)19-5-11-27-12-15-13-28-16(20-15)4-6-23(2)3/h13H,4-12H2,1-3H3,(H,19,21). The van der Waals surface area contributed by atoms with E-state index in [9.17, 15) is 4.79 Å². The molecule has 29 heavy (non-hydrogen) atoms. The van der Waals surface area contributed by atoms with Gasteiger partial charge in [0.25, 0.3) is 0 Å². The topological polar surface area (TPSA) is 77.5 Å². The predicted molar refractivity (Wildman–Crippen MR) is 123 cm³/mol. The van der Waals surface area contributed by atoms with Crippen LogP contribution in [0.3, 0.4) is 0 Å². The molecule has 1 saturated heterocycles. The second kappa shape index (κ2) is 11.1. The van der Waals surface area contributed by atoms with Crippen molar-refractivity contribution in [2.24, 2.45) is 0 Å². The normalized spacial score (nSPS) is 14.6. The van der Waals surface area contributed by atoms with Gasteiger partial charge in [-0.15, -0.1) is 11.3 Å². The number of likely N-dealkylation sites (N-methyl/N-ethyl adjacent to an activating group) is 1. The van der Waals surface area contributed by atoms with Gasteiger partial charge in [0.1, 0.15) is 0 Å². The monoisotopic (exact) mass is 455 g/mol. The summed E-state index contributed by atoms with van der Waals surface area (Å²) >= 11 is 4.87. The Bertz CT molecular complexity index is 771. The van der Waals surface area contributed by atoms with Crippen LogP contribution in [-0.2, 0) is 17.0 Å². The number of carbonyl (C=O) groups excluding carboxylic acids is 1. The number of rotatable bonds is 10. The summed E-state index contributed by atoms with van der Waals surface area (Å²) in [7, 11) is 4.18. The van der Waals surface area contributed by atoms with Crippen LogP contribution in [0.4, 0.5) is 11.6 Å². The molecule has 0 aliphatic carbocycles. The molecule has 1 aliphatic heterocycles. The van der Waals surface area contributed by atoms with Crippen molar-refractivity contribution in [3.63, 3.8) is 0 Å². The Balaban J connectivity index is 1.37. The minimum atomic E-state index is 0.140. The van der Waals surface area contributed by atoms with Gasteiger partial charge in [0.05, 0.1) is 22.4 Å². The summed E-state index contributed by atoms with van der Waals surface area (Å²) in [5.74, 6) is 3.83. The zero-order chi connectivity index (χ0) is 20.6. The summed E-state index contributed by atoms with van der Waals surface area (Å²) in [6.07, 6.45) is 1.02. The maximum absolute atomic E-state index is 11.5. The summed E-state index contributed by atoms with van der Waals surface area (Å²) in [5, 5.41) is 6.81. The molecular formula is C18H29N7OS3. The number of anilines is 2. The van der Waals surface area contributed by atoms with Crippen molar-refractivity contribution < 1.29 is 4.79 Å². The first-order valence-corrected chi connectivity index (χ1v) is 12.5. The molecule has 11 heteroatoms. The van der Waals surface area contributed by atoms with E-state index < -0.39 is 0 Å². The number of aromatic nitrogens is 3. The van der Waals surface area contributed by atoms with E-state index in [1.807, 2.05) is 16.7 Å². The van der Waals surface area contributed by atoms with Crippen molar-refractivity contribution in [2.75, 3.05) is 69.3 Å². The average molecular weight is 456 g/mol. The number of hydrogen-bond acceptors (Lipinski definition) is 10. The summed E-state index contributed by atoms with van der Waals surface area (Å²) in [6.45, 7) is 6.59. The van der Waals surface area contributed by atoms with Gasteiger partial charge in [-0.05, 0) is 14.1 Å². The maximum Gasteiger partial charge on any atom is 0.219 e. The SMILES string of the molecule is CC(=O)N1CCN(c2nsnc2NCCSCc2csc(CCN(C)C)n2)CC1. The number of amides is 1. The van der Waals surface area contributed by atoms with Crippen molar-refractivity contribution in [1.29, 1.82) is 0 Å².